The van der Waals surface area contributed by atoms with Crippen molar-refractivity contribution in [3.63, 3.8) is 0 Å². The van der Waals surface area contributed by atoms with Gasteiger partial charge in [0.25, 0.3) is 0 Å². The molecule has 3 saturated heterocycles. The number of hydrogen-bond donors (Lipinski definition) is 2. The zero-order chi connectivity index (χ0) is 27.9. The quantitative estimate of drug-likeness (QED) is 0.441. The van der Waals surface area contributed by atoms with Gasteiger partial charge in [0.05, 0.1) is 41.2 Å². The summed E-state index contributed by atoms with van der Waals surface area (Å²) in [5, 5.41) is 8.57. The third-order valence-electron chi connectivity index (χ3n) is 7.97. The highest BCUT2D eigenvalue weighted by atomic mass is 19.1. The molecule has 3 fully saturated rings. The van der Waals surface area contributed by atoms with Crippen molar-refractivity contribution in [2.24, 2.45) is 5.41 Å². The molecule has 4 aliphatic heterocycles. The summed E-state index contributed by atoms with van der Waals surface area (Å²) in [6.45, 7) is 3.62. The van der Waals surface area contributed by atoms with Crippen LogP contribution in [0.25, 0.3) is 11.0 Å². The van der Waals surface area contributed by atoms with E-state index < -0.39 is 53.4 Å². The van der Waals surface area contributed by atoms with Crippen LogP contribution >= 0.6 is 0 Å². The summed E-state index contributed by atoms with van der Waals surface area (Å²) in [5.41, 5.74) is -1.14. The van der Waals surface area contributed by atoms with Crippen molar-refractivity contribution in [2.45, 2.75) is 44.6 Å². The number of barbiturate groups is 1. The van der Waals surface area contributed by atoms with Crippen LogP contribution < -0.4 is 20.4 Å². The zero-order valence-electron chi connectivity index (χ0n) is 21.2. The minimum Gasteiger partial charge on any atom is -0.446 e. The molecule has 5 amide bonds. The van der Waals surface area contributed by atoms with Gasteiger partial charge >= 0.3 is 12.1 Å². The molecule has 0 aliphatic carbocycles. The Balaban J connectivity index is 1.42. The maximum absolute atomic E-state index is 16.4. The lowest BCUT2D eigenvalue weighted by Gasteiger charge is -2.55. The Morgan fingerprint density at radius 2 is 1.90 bits per heavy atom. The lowest BCUT2D eigenvalue weighted by Crippen LogP contribution is -2.75. The summed E-state index contributed by atoms with van der Waals surface area (Å²) in [6, 6.07) is -1.00. The molecule has 206 valence electrons. The van der Waals surface area contributed by atoms with Crippen LogP contribution in [0, 0.1) is 11.2 Å². The molecule has 40 heavy (non-hydrogen) atoms. The number of benzene rings is 1. The summed E-state index contributed by atoms with van der Waals surface area (Å²) in [7, 11) is 0. The molecule has 1 aromatic carbocycles. The number of aromatic nitrogens is 3. The van der Waals surface area contributed by atoms with Crippen LogP contribution in [0.3, 0.4) is 0 Å². The molecule has 0 bridgehead atoms. The molecular weight excluding hydrogens is 529 g/mol. The van der Waals surface area contributed by atoms with Crippen molar-refractivity contribution in [1.82, 2.24) is 25.8 Å². The maximum atomic E-state index is 16.4. The number of ether oxygens (including phenoxy) is 2. The Labute approximate surface area is 224 Å². The number of carbonyl (C=O) groups excluding carboxylic acids is 4. The Morgan fingerprint density at radius 3 is 2.62 bits per heavy atom. The van der Waals surface area contributed by atoms with Gasteiger partial charge in [0.2, 0.25) is 17.4 Å². The number of carbonyl (C=O) groups is 4. The summed E-state index contributed by atoms with van der Waals surface area (Å²) < 4.78 is 33.0. The molecule has 3 aromatic rings. The molecule has 0 radical (unpaired) electrons. The van der Waals surface area contributed by atoms with E-state index in [1.54, 1.807) is 24.8 Å². The maximum Gasteiger partial charge on any atom is 0.416 e. The van der Waals surface area contributed by atoms with Crippen molar-refractivity contribution in [1.29, 1.82) is 0 Å². The van der Waals surface area contributed by atoms with E-state index in [0.717, 1.165) is 0 Å². The third kappa shape index (κ3) is 3.20. The average Bonchev–Trinajstić information content (AvgIpc) is 3.50. The summed E-state index contributed by atoms with van der Waals surface area (Å²) in [6.07, 6.45) is 2.43. The number of cyclic esters (lactones) is 1. The topological polar surface area (TPSA) is 169 Å². The monoisotopic (exact) mass is 551 g/mol. The SMILES string of the molecule is C[C@@H]1CN2c3c(cc4c(N5C(=O)OC[C@H]5c5cnccn5)noc4c3F)CC3(C(=O)NC(=O)NC3=O)[C@H]2[C@H](C)O1. The zero-order valence-corrected chi connectivity index (χ0v) is 21.2. The van der Waals surface area contributed by atoms with Crippen LogP contribution in [0.5, 0.6) is 0 Å². The standard InChI is InChI=1S/C25H22FN7O7/c1-10-8-32-17-12(6-25(19(32)11(2)39-10)21(34)29-23(36)30-22(25)35)5-13-18(16(17)26)40-31-20(13)33-15(9-38-24(33)37)14-7-27-3-4-28-14/h3-5,7,10-11,15,19H,6,8-9H2,1-2H3,(H2,29,30,34,35,36)/t10-,11+,15+,19-/m1/s1. The second kappa shape index (κ2) is 8.42. The number of halogens is 1. The van der Waals surface area contributed by atoms with Crippen molar-refractivity contribution in [3.8, 4) is 0 Å². The van der Waals surface area contributed by atoms with Crippen molar-refractivity contribution >= 4 is 46.4 Å². The van der Waals surface area contributed by atoms with Crippen LogP contribution in [-0.2, 0) is 25.5 Å². The van der Waals surface area contributed by atoms with Crippen LogP contribution in [0.2, 0.25) is 0 Å². The number of hydrogen-bond acceptors (Lipinski definition) is 11. The molecule has 0 saturated carbocycles. The van der Waals surface area contributed by atoms with Gasteiger partial charge in [-0.15, -0.1) is 0 Å². The van der Waals surface area contributed by atoms with Gasteiger partial charge in [-0.05, 0) is 25.5 Å². The predicted molar refractivity (Wildman–Crippen MR) is 132 cm³/mol. The van der Waals surface area contributed by atoms with Gasteiger partial charge in [-0.2, -0.15) is 0 Å². The molecule has 15 heteroatoms. The lowest BCUT2D eigenvalue weighted by atomic mass is 9.66. The van der Waals surface area contributed by atoms with Gasteiger partial charge in [-0.25, -0.2) is 18.9 Å². The molecular formula is C25H22FN7O7. The first kappa shape index (κ1) is 24.4. The van der Waals surface area contributed by atoms with Crippen molar-refractivity contribution in [2.75, 3.05) is 23.0 Å². The Kier molecular flexibility index (Phi) is 5.13. The van der Waals surface area contributed by atoms with Gasteiger partial charge in [-0.3, -0.25) is 30.2 Å². The van der Waals surface area contributed by atoms with E-state index in [1.165, 1.54) is 23.5 Å². The summed E-state index contributed by atoms with van der Waals surface area (Å²) in [5.74, 6) is -2.38. The molecule has 6 heterocycles. The smallest absolute Gasteiger partial charge is 0.416 e. The number of urea groups is 1. The molecule has 4 aliphatic rings. The van der Waals surface area contributed by atoms with Crippen LogP contribution in [0.15, 0.2) is 29.2 Å². The van der Waals surface area contributed by atoms with E-state index in [4.69, 9.17) is 14.0 Å². The molecule has 1 spiro atoms. The van der Waals surface area contributed by atoms with Gasteiger partial charge < -0.3 is 18.9 Å². The molecule has 0 unspecified atom stereocenters. The minimum absolute atomic E-state index is 0.0116. The fourth-order valence-electron chi connectivity index (χ4n) is 6.47. The van der Waals surface area contributed by atoms with Crippen molar-refractivity contribution < 1.29 is 37.6 Å². The van der Waals surface area contributed by atoms with Crippen LogP contribution in [0.4, 0.5) is 25.5 Å². The van der Waals surface area contributed by atoms with Crippen LogP contribution in [0.1, 0.15) is 31.1 Å². The largest absolute Gasteiger partial charge is 0.446 e. The predicted octanol–water partition coefficient (Wildman–Crippen LogP) is 1.35. The van der Waals surface area contributed by atoms with E-state index in [9.17, 15) is 19.2 Å². The fourth-order valence-corrected chi connectivity index (χ4v) is 6.47. The van der Waals surface area contributed by atoms with Crippen LogP contribution in [-0.4, -0.2) is 70.5 Å². The fraction of sp³-hybridized carbons (Fsp3) is 0.400. The highest BCUT2D eigenvalue weighted by Crippen LogP contribution is 2.50. The number of amides is 5. The lowest BCUT2D eigenvalue weighted by molar-refractivity contribution is -0.153. The first-order valence-corrected chi connectivity index (χ1v) is 12.6. The van der Waals surface area contributed by atoms with Gasteiger partial charge in [0.15, 0.2) is 17.1 Å². The second-order valence-electron chi connectivity index (χ2n) is 10.3. The number of nitrogens with one attached hydrogen (secondary N) is 2. The Morgan fingerprint density at radius 1 is 1.12 bits per heavy atom. The molecule has 4 atom stereocenters. The van der Waals surface area contributed by atoms with E-state index in [-0.39, 0.29) is 48.2 Å². The second-order valence-corrected chi connectivity index (χ2v) is 10.3. The van der Waals surface area contributed by atoms with E-state index >= 15 is 4.39 Å². The highest BCUT2D eigenvalue weighted by Gasteiger charge is 2.63. The van der Waals surface area contributed by atoms with Gasteiger partial charge in [0, 0.05) is 25.4 Å². The average molecular weight is 551 g/mol. The number of morpholine rings is 1. The number of nitrogens with zero attached hydrogens (tertiary/aromatic N) is 5. The summed E-state index contributed by atoms with van der Waals surface area (Å²) in [4.78, 5) is 62.8. The molecule has 2 aromatic heterocycles. The number of rotatable bonds is 2. The Hall–Kier alpha value is -4.66. The summed E-state index contributed by atoms with van der Waals surface area (Å²) >= 11 is 0. The van der Waals surface area contributed by atoms with E-state index in [2.05, 4.69) is 25.8 Å². The van der Waals surface area contributed by atoms with E-state index in [0.29, 0.717) is 11.3 Å². The first-order chi connectivity index (χ1) is 19.2. The van der Waals surface area contributed by atoms with E-state index in [1.807, 2.05) is 0 Å². The number of imide groups is 2. The number of anilines is 2. The minimum atomic E-state index is -1.80. The molecule has 2 N–H and O–H groups in total. The molecule has 14 nitrogen and oxygen atoms in total. The van der Waals surface area contributed by atoms with Crippen molar-refractivity contribution in [3.05, 3.63) is 41.7 Å². The molecule has 7 rings (SSSR count). The highest BCUT2D eigenvalue weighted by molar-refractivity contribution is 6.20. The van der Waals surface area contributed by atoms with Gasteiger partial charge in [-0.1, -0.05) is 5.16 Å². The Bertz CT molecular complexity index is 1590. The number of fused-ring (bicyclic) bond motifs is 5. The third-order valence-corrected chi connectivity index (χ3v) is 7.97. The first-order valence-electron chi connectivity index (χ1n) is 12.6. The van der Waals surface area contributed by atoms with Gasteiger partial charge in [0.1, 0.15) is 12.6 Å². The normalized spacial score (nSPS) is 27.4.